The fourth-order valence-corrected chi connectivity index (χ4v) is 1.69. The Hall–Kier alpha value is -1.22. The Morgan fingerprint density at radius 2 is 2.14 bits per heavy atom. The van der Waals surface area contributed by atoms with Crippen LogP contribution in [0.2, 0.25) is 5.02 Å². The molecular formula is C10H9ClFNO. The number of ether oxygens (including phenoxy) is 1. The van der Waals surface area contributed by atoms with Gasteiger partial charge in [0.25, 0.3) is 0 Å². The molecule has 0 aliphatic rings. The van der Waals surface area contributed by atoms with Crippen LogP contribution in [-0.2, 0) is 0 Å². The average molecular weight is 214 g/mol. The number of fused-ring (bicyclic) bond motifs is 1. The van der Waals surface area contributed by atoms with E-state index >= 15 is 0 Å². The van der Waals surface area contributed by atoms with E-state index in [1.165, 1.54) is 13.2 Å². The van der Waals surface area contributed by atoms with Crippen molar-refractivity contribution in [3.05, 3.63) is 28.7 Å². The van der Waals surface area contributed by atoms with Gasteiger partial charge < -0.3 is 9.72 Å². The van der Waals surface area contributed by atoms with Crippen LogP contribution < -0.4 is 4.74 Å². The maximum atomic E-state index is 13.5. The van der Waals surface area contributed by atoms with Crippen molar-refractivity contribution in [2.75, 3.05) is 7.11 Å². The topological polar surface area (TPSA) is 25.0 Å². The zero-order valence-corrected chi connectivity index (χ0v) is 8.57. The monoisotopic (exact) mass is 213 g/mol. The van der Waals surface area contributed by atoms with E-state index in [0.717, 1.165) is 5.69 Å². The van der Waals surface area contributed by atoms with Gasteiger partial charge in [0.05, 0.1) is 17.6 Å². The fraction of sp³-hybridized carbons (Fsp3) is 0.200. The molecule has 1 N–H and O–H groups in total. The second-order valence-corrected chi connectivity index (χ2v) is 3.52. The van der Waals surface area contributed by atoms with E-state index < -0.39 is 5.82 Å². The lowest BCUT2D eigenvalue weighted by Gasteiger charge is -2.03. The third kappa shape index (κ3) is 1.24. The number of hydrogen-bond acceptors (Lipinski definition) is 1. The van der Waals surface area contributed by atoms with Gasteiger partial charge in [-0.05, 0) is 13.0 Å². The molecule has 74 valence electrons. The number of rotatable bonds is 1. The van der Waals surface area contributed by atoms with Crippen LogP contribution in [0.25, 0.3) is 10.9 Å². The minimum Gasteiger partial charge on any atom is -0.496 e. The van der Waals surface area contributed by atoms with Crippen molar-refractivity contribution in [1.29, 1.82) is 0 Å². The molecule has 0 atom stereocenters. The van der Waals surface area contributed by atoms with Gasteiger partial charge in [0.1, 0.15) is 5.75 Å². The predicted octanol–water partition coefficient (Wildman–Crippen LogP) is 3.28. The summed E-state index contributed by atoms with van der Waals surface area (Å²) in [7, 11) is 1.53. The van der Waals surface area contributed by atoms with Crippen molar-refractivity contribution >= 4 is 22.5 Å². The van der Waals surface area contributed by atoms with Gasteiger partial charge in [0.2, 0.25) is 0 Å². The molecule has 2 rings (SSSR count). The molecule has 1 heterocycles. The van der Waals surface area contributed by atoms with Crippen molar-refractivity contribution < 1.29 is 9.13 Å². The van der Waals surface area contributed by atoms with Gasteiger partial charge in [-0.2, -0.15) is 0 Å². The highest BCUT2D eigenvalue weighted by molar-refractivity contribution is 6.31. The van der Waals surface area contributed by atoms with E-state index in [1.54, 1.807) is 0 Å². The highest BCUT2D eigenvalue weighted by Gasteiger charge is 2.12. The average Bonchev–Trinajstić information content (AvgIpc) is 2.54. The highest BCUT2D eigenvalue weighted by atomic mass is 35.5. The second kappa shape index (κ2) is 3.17. The zero-order valence-electron chi connectivity index (χ0n) is 7.82. The third-order valence-corrected chi connectivity index (χ3v) is 2.40. The molecule has 1 aromatic carbocycles. The van der Waals surface area contributed by atoms with E-state index in [1.807, 2.05) is 13.0 Å². The first kappa shape index (κ1) is 9.34. The first-order chi connectivity index (χ1) is 6.63. The van der Waals surface area contributed by atoms with Gasteiger partial charge in [-0.25, -0.2) is 4.39 Å². The number of methoxy groups -OCH3 is 1. The van der Waals surface area contributed by atoms with Crippen LogP contribution in [-0.4, -0.2) is 12.1 Å². The van der Waals surface area contributed by atoms with Crippen LogP contribution in [0.3, 0.4) is 0 Å². The van der Waals surface area contributed by atoms with Gasteiger partial charge in [-0.1, -0.05) is 11.6 Å². The smallest absolute Gasteiger partial charge is 0.166 e. The van der Waals surface area contributed by atoms with Gasteiger partial charge in [0, 0.05) is 17.1 Å². The number of hydrogen-bond donors (Lipinski definition) is 1. The minimum absolute atomic E-state index is 0.0659. The number of benzene rings is 1. The van der Waals surface area contributed by atoms with E-state index in [-0.39, 0.29) is 5.02 Å². The van der Waals surface area contributed by atoms with Crippen molar-refractivity contribution in [2.24, 2.45) is 0 Å². The first-order valence-electron chi connectivity index (χ1n) is 4.15. The second-order valence-electron chi connectivity index (χ2n) is 3.12. The molecule has 0 radical (unpaired) electrons. The van der Waals surface area contributed by atoms with E-state index in [0.29, 0.717) is 16.7 Å². The summed E-state index contributed by atoms with van der Waals surface area (Å²) in [6, 6.07) is 3.31. The predicted molar refractivity (Wildman–Crippen MR) is 54.6 cm³/mol. The summed E-state index contributed by atoms with van der Waals surface area (Å²) in [4.78, 5) is 2.90. The van der Waals surface area contributed by atoms with Gasteiger partial charge in [-0.3, -0.25) is 0 Å². The molecule has 0 saturated carbocycles. The fourth-order valence-electron chi connectivity index (χ4n) is 1.50. The zero-order chi connectivity index (χ0) is 10.3. The highest BCUT2D eigenvalue weighted by Crippen LogP contribution is 2.33. The Labute approximate surface area is 85.6 Å². The SMILES string of the molecule is COc1cc(Cl)c(F)c2[nH]c(C)cc12. The Morgan fingerprint density at radius 3 is 2.79 bits per heavy atom. The molecule has 4 heteroatoms. The van der Waals surface area contributed by atoms with Crippen molar-refractivity contribution in [3.63, 3.8) is 0 Å². The lowest BCUT2D eigenvalue weighted by atomic mass is 10.2. The molecular weight excluding hydrogens is 205 g/mol. The van der Waals surface area contributed by atoms with Gasteiger partial charge in [-0.15, -0.1) is 0 Å². The summed E-state index contributed by atoms with van der Waals surface area (Å²) >= 11 is 5.71. The van der Waals surface area contributed by atoms with Crippen molar-refractivity contribution in [2.45, 2.75) is 6.92 Å². The first-order valence-corrected chi connectivity index (χ1v) is 4.52. The lowest BCUT2D eigenvalue weighted by molar-refractivity contribution is 0.419. The summed E-state index contributed by atoms with van der Waals surface area (Å²) in [6.45, 7) is 1.85. The summed E-state index contributed by atoms with van der Waals surface area (Å²) < 4.78 is 18.6. The van der Waals surface area contributed by atoms with Crippen LogP contribution in [0.5, 0.6) is 5.75 Å². The lowest BCUT2D eigenvalue weighted by Crippen LogP contribution is -1.87. The number of H-pyrrole nitrogens is 1. The molecule has 0 spiro atoms. The van der Waals surface area contributed by atoms with E-state index in [4.69, 9.17) is 16.3 Å². The minimum atomic E-state index is -0.435. The Bertz CT molecular complexity index is 492. The molecule has 2 aromatic rings. The molecule has 0 saturated heterocycles. The maximum absolute atomic E-state index is 13.5. The molecule has 0 fully saturated rings. The van der Waals surface area contributed by atoms with Gasteiger partial charge >= 0.3 is 0 Å². The van der Waals surface area contributed by atoms with Crippen molar-refractivity contribution in [1.82, 2.24) is 4.98 Å². The molecule has 0 unspecified atom stereocenters. The summed E-state index contributed by atoms with van der Waals surface area (Å²) in [5.74, 6) is 0.145. The van der Waals surface area contributed by atoms with E-state index in [9.17, 15) is 4.39 Å². The summed E-state index contributed by atoms with van der Waals surface area (Å²) in [5.41, 5.74) is 1.27. The summed E-state index contributed by atoms with van der Waals surface area (Å²) in [5, 5.41) is 0.781. The number of aromatic amines is 1. The van der Waals surface area contributed by atoms with Gasteiger partial charge in [0.15, 0.2) is 5.82 Å². The largest absolute Gasteiger partial charge is 0.496 e. The van der Waals surface area contributed by atoms with Crippen LogP contribution in [0.1, 0.15) is 5.69 Å². The quantitative estimate of drug-likeness (QED) is 0.773. The van der Waals surface area contributed by atoms with Crippen LogP contribution >= 0.6 is 11.6 Å². The Morgan fingerprint density at radius 1 is 1.43 bits per heavy atom. The standard InChI is InChI=1S/C10H9ClFNO/c1-5-3-6-8(14-2)4-7(11)9(12)10(6)13-5/h3-4,13H,1-2H3. The van der Waals surface area contributed by atoms with Crippen LogP contribution in [0.4, 0.5) is 4.39 Å². The number of nitrogens with one attached hydrogen (secondary N) is 1. The number of aryl methyl sites for hydroxylation is 1. The van der Waals surface area contributed by atoms with Crippen LogP contribution in [0.15, 0.2) is 12.1 Å². The Kier molecular flexibility index (Phi) is 2.11. The van der Waals surface area contributed by atoms with E-state index in [2.05, 4.69) is 4.98 Å². The Balaban J connectivity index is 2.88. The normalized spacial score (nSPS) is 10.9. The number of aromatic nitrogens is 1. The maximum Gasteiger partial charge on any atom is 0.166 e. The molecule has 0 aliphatic heterocycles. The summed E-state index contributed by atoms with van der Waals surface area (Å²) in [6.07, 6.45) is 0. The van der Waals surface area contributed by atoms with Crippen molar-refractivity contribution in [3.8, 4) is 5.75 Å². The molecule has 1 aromatic heterocycles. The molecule has 2 nitrogen and oxygen atoms in total. The molecule has 0 amide bonds. The molecule has 0 aliphatic carbocycles. The molecule has 0 bridgehead atoms. The number of halogens is 2. The third-order valence-electron chi connectivity index (χ3n) is 2.12. The molecule has 14 heavy (non-hydrogen) atoms. The van der Waals surface area contributed by atoms with Crippen LogP contribution in [0, 0.1) is 12.7 Å².